The lowest BCUT2D eigenvalue weighted by atomic mass is 9.61. The summed E-state index contributed by atoms with van der Waals surface area (Å²) in [6, 6.07) is 0. The summed E-state index contributed by atoms with van der Waals surface area (Å²) in [5.41, 5.74) is 2.06. The maximum Gasteiger partial charge on any atom is 0.120 e. The van der Waals surface area contributed by atoms with Crippen molar-refractivity contribution < 1.29 is 4.79 Å². The minimum Gasteiger partial charge on any atom is -0.303 e. The molecular formula is C15H23BrO. The average Bonchev–Trinajstić information content (AvgIpc) is 2.66. The Bertz CT molecular complexity index is 323. The van der Waals surface area contributed by atoms with Gasteiger partial charge in [0, 0.05) is 6.42 Å². The zero-order chi connectivity index (χ0) is 12.5. The summed E-state index contributed by atoms with van der Waals surface area (Å²) in [5, 5.41) is 0. The molecular weight excluding hydrogens is 276 g/mol. The second kappa shape index (κ2) is 5.26. The van der Waals surface area contributed by atoms with Crippen LogP contribution < -0.4 is 0 Å². The number of allylic oxidation sites excluding steroid dienone is 1. The molecule has 2 aliphatic carbocycles. The van der Waals surface area contributed by atoms with Crippen molar-refractivity contribution in [3.05, 3.63) is 10.6 Å². The highest BCUT2D eigenvalue weighted by Crippen LogP contribution is 2.59. The highest BCUT2D eigenvalue weighted by molar-refractivity contribution is 9.11. The summed E-state index contributed by atoms with van der Waals surface area (Å²) >= 11 is 3.54. The van der Waals surface area contributed by atoms with E-state index in [9.17, 15) is 4.79 Å². The third kappa shape index (κ3) is 2.25. The van der Waals surface area contributed by atoms with Gasteiger partial charge in [-0.25, -0.2) is 0 Å². The minimum absolute atomic E-state index is 0.445. The minimum atomic E-state index is 0.445. The molecule has 2 heteroatoms. The van der Waals surface area contributed by atoms with E-state index >= 15 is 0 Å². The Morgan fingerprint density at radius 1 is 1.53 bits per heavy atom. The monoisotopic (exact) mass is 298 g/mol. The number of aldehydes is 1. The van der Waals surface area contributed by atoms with Crippen LogP contribution in [0.3, 0.4) is 0 Å². The molecule has 17 heavy (non-hydrogen) atoms. The molecule has 0 bridgehead atoms. The molecule has 0 aliphatic heterocycles. The molecule has 0 aromatic rings. The van der Waals surface area contributed by atoms with E-state index in [1.165, 1.54) is 32.1 Å². The van der Waals surface area contributed by atoms with Crippen molar-refractivity contribution in [1.29, 1.82) is 0 Å². The summed E-state index contributed by atoms with van der Waals surface area (Å²) in [6.45, 7) is 4.73. The van der Waals surface area contributed by atoms with Gasteiger partial charge in [-0.2, -0.15) is 0 Å². The largest absolute Gasteiger partial charge is 0.303 e. The number of fused-ring (bicyclic) bond motifs is 1. The van der Waals surface area contributed by atoms with Crippen LogP contribution in [0.25, 0.3) is 0 Å². The maximum absolute atomic E-state index is 10.7. The van der Waals surface area contributed by atoms with Gasteiger partial charge in [0.25, 0.3) is 0 Å². The predicted octanol–water partition coefficient (Wildman–Crippen LogP) is 4.71. The van der Waals surface area contributed by atoms with Crippen LogP contribution in [0, 0.1) is 23.2 Å². The van der Waals surface area contributed by atoms with Gasteiger partial charge in [-0.3, -0.25) is 0 Å². The highest BCUT2D eigenvalue weighted by atomic mass is 79.9. The molecule has 0 amide bonds. The third-order valence-corrected chi connectivity index (χ3v) is 5.92. The van der Waals surface area contributed by atoms with E-state index < -0.39 is 0 Å². The molecule has 0 heterocycles. The lowest BCUT2D eigenvalue weighted by molar-refractivity contribution is -0.109. The Morgan fingerprint density at radius 3 is 2.94 bits per heavy atom. The normalized spacial score (nSPS) is 41.2. The first-order chi connectivity index (χ1) is 8.13. The van der Waals surface area contributed by atoms with Gasteiger partial charge < -0.3 is 4.79 Å². The van der Waals surface area contributed by atoms with Crippen LogP contribution >= 0.6 is 15.9 Å². The molecule has 0 radical (unpaired) electrons. The number of halogens is 1. The number of rotatable bonds is 3. The molecule has 2 fully saturated rings. The van der Waals surface area contributed by atoms with Crippen molar-refractivity contribution in [2.45, 2.75) is 52.4 Å². The molecule has 0 saturated heterocycles. The van der Waals surface area contributed by atoms with Gasteiger partial charge in [-0.15, -0.1) is 0 Å². The summed E-state index contributed by atoms with van der Waals surface area (Å²) in [5.74, 6) is 2.05. The van der Waals surface area contributed by atoms with E-state index in [2.05, 4.69) is 34.8 Å². The lowest BCUT2D eigenvalue weighted by Gasteiger charge is -2.44. The molecule has 2 aliphatic rings. The molecule has 0 spiro atoms. The van der Waals surface area contributed by atoms with Crippen LogP contribution in [0.5, 0.6) is 0 Å². The second-order valence-electron chi connectivity index (χ2n) is 6.16. The quantitative estimate of drug-likeness (QED) is 0.690. The smallest absolute Gasteiger partial charge is 0.120 e. The van der Waals surface area contributed by atoms with E-state index in [1.54, 1.807) is 5.57 Å². The first-order valence-corrected chi connectivity index (χ1v) is 7.78. The number of hydrogen-bond donors (Lipinski definition) is 0. The van der Waals surface area contributed by atoms with Gasteiger partial charge in [0.05, 0.1) is 0 Å². The summed E-state index contributed by atoms with van der Waals surface area (Å²) in [6.07, 6.45) is 8.39. The SMILES string of the molecule is C[C@H](CC=O)[C@H]1CC[C@H]2/C(=C/Br)CCC[C@]12C. The Morgan fingerprint density at radius 2 is 2.29 bits per heavy atom. The molecule has 2 rings (SSSR count). The van der Waals surface area contributed by atoms with Crippen LogP contribution in [0.1, 0.15) is 52.4 Å². The van der Waals surface area contributed by atoms with Crippen LogP contribution in [-0.4, -0.2) is 6.29 Å². The standard InChI is InChI=1S/C15H23BrO/c1-11(7-9-17)13-5-6-14-12(10-16)4-3-8-15(13,14)2/h9-11,13-14H,3-8H2,1-2H3/b12-10+/t11-,13-,14+,15-/m1/s1. The van der Waals surface area contributed by atoms with Crippen molar-refractivity contribution >= 4 is 22.2 Å². The van der Waals surface area contributed by atoms with Crippen molar-refractivity contribution in [3.8, 4) is 0 Å². The first-order valence-electron chi connectivity index (χ1n) is 6.86. The predicted molar refractivity (Wildman–Crippen MR) is 75.0 cm³/mol. The molecule has 96 valence electrons. The number of hydrogen-bond acceptors (Lipinski definition) is 1. The third-order valence-electron chi connectivity index (χ3n) is 5.33. The van der Waals surface area contributed by atoms with Gasteiger partial charge in [-0.1, -0.05) is 35.4 Å². The van der Waals surface area contributed by atoms with Crippen LogP contribution in [0.4, 0.5) is 0 Å². The molecule has 1 nitrogen and oxygen atoms in total. The fraction of sp³-hybridized carbons (Fsp3) is 0.800. The molecule has 2 saturated carbocycles. The van der Waals surface area contributed by atoms with Gasteiger partial charge in [0.15, 0.2) is 0 Å². The first kappa shape index (κ1) is 13.3. The van der Waals surface area contributed by atoms with Gasteiger partial charge in [0.1, 0.15) is 6.29 Å². The van der Waals surface area contributed by atoms with Crippen molar-refractivity contribution in [2.75, 3.05) is 0 Å². The number of carbonyl (C=O) groups excluding carboxylic acids is 1. The summed E-state index contributed by atoms with van der Waals surface area (Å²) in [7, 11) is 0. The average molecular weight is 299 g/mol. The lowest BCUT2D eigenvalue weighted by Crippen LogP contribution is -2.36. The Labute approximate surface area is 113 Å². The second-order valence-corrected chi connectivity index (χ2v) is 6.62. The highest BCUT2D eigenvalue weighted by Gasteiger charge is 2.50. The van der Waals surface area contributed by atoms with Gasteiger partial charge in [-0.05, 0) is 60.3 Å². The fourth-order valence-corrected chi connectivity index (χ4v) is 5.01. The molecule has 0 N–H and O–H groups in total. The molecule has 0 aromatic heterocycles. The van der Waals surface area contributed by atoms with Crippen molar-refractivity contribution in [2.24, 2.45) is 23.2 Å². The Hall–Kier alpha value is -0.110. The summed E-state index contributed by atoms with van der Waals surface area (Å²) < 4.78 is 0. The van der Waals surface area contributed by atoms with Crippen molar-refractivity contribution in [3.63, 3.8) is 0 Å². The van der Waals surface area contributed by atoms with E-state index in [0.717, 1.165) is 24.5 Å². The molecule has 4 atom stereocenters. The van der Waals surface area contributed by atoms with Gasteiger partial charge in [0.2, 0.25) is 0 Å². The molecule has 0 aromatic carbocycles. The molecule has 0 unspecified atom stereocenters. The maximum atomic E-state index is 10.7. The van der Waals surface area contributed by atoms with Crippen LogP contribution in [0.2, 0.25) is 0 Å². The zero-order valence-corrected chi connectivity index (χ0v) is 12.5. The summed E-state index contributed by atoms with van der Waals surface area (Å²) in [4.78, 5) is 12.9. The van der Waals surface area contributed by atoms with E-state index in [-0.39, 0.29) is 0 Å². The van der Waals surface area contributed by atoms with Crippen LogP contribution in [0.15, 0.2) is 10.6 Å². The van der Waals surface area contributed by atoms with Crippen molar-refractivity contribution in [1.82, 2.24) is 0 Å². The van der Waals surface area contributed by atoms with Gasteiger partial charge >= 0.3 is 0 Å². The fourth-order valence-electron chi connectivity index (χ4n) is 4.46. The van der Waals surface area contributed by atoms with E-state index in [1.807, 2.05) is 0 Å². The van der Waals surface area contributed by atoms with E-state index in [0.29, 0.717) is 11.3 Å². The van der Waals surface area contributed by atoms with Crippen LogP contribution in [-0.2, 0) is 4.79 Å². The topological polar surface area (TPSA) is 17.1 Å². The van der Waals surface area contributed by atoms with E-state index in [4.69, 9.17) is 0 Å². The zero-order valence-electron chi connectivity index (χ0n) is 10.9. The Balaban J connectivity index is 2.20. The Kier molecular flexibility index (Phi) is 4.12. The number of carbonyl (C=O) groups is 1.